The first-order valence-corrected chi connectivity index (χ1v) is 5.64. The van der Waals surface area contributed by atoms with Crippen molar-refractivity contribution in [2.75, 3.05) is 39.8 Å². The molecule has 0 aromatic heterocycles. The smallest absolute Gasteiger partial charge is 0.0240 e. The fourth-order valence-corrected chi connectivity index (χ4v) is 1.95. The lowest BCUT2D eigenvalue weighted by Gasteiger charge is -2.36. The molecule has 0 aromatic carbocycles. The van der Waals surface area contributed by atoms with Crippen LogP contribution in [0.25, 0.3) is 0 Å². The minimum atomic E-state index is 0.347. The maximum absolute atomic E-state index is 3.43. The van der Waals surface area contributed by atoms with E-state index < -0.39 is 0 Å². The summed E-state index contributed by atoms with van der Waals surface area (Å²) in [5.74, 6) is 0. The van der Waals surface area contributed by atoms with E-state index in [0.717, 1.165) is 13.1 Å². The molecule has 0 radical (unpaired) electrons. The molecule has 14 heavy (non-hydrogen) atoms. The van der Waals surface area contributed by atoms with Crippen molar-refractivity contribution in [2.24, 2.45) is 5.41 Å². The molecule has 3 heteroatoms. The molecule has 1 atom stereocenters. The Bertz CT molecular complexity index is 156. The first-order valence-electron chi connectivity index (χ1n) is 5.64. The molecule has 1 aliphatic rings. The lowest BCUT2D eigenvalue weighted by atomic mass is 9.86. The molecule has 0 spiro atoms. The highest BCUT2D eigenvalue weighted by Gasteiger charge is 2.25. The molecule has 1 rings (SSSR count). The number of nitrogens with one attached hydrogen (secondary N) is 2. The van der Waals surface area contributed by atoms with Gasteiger partial charge in [-0.1, -0.05) is 20.8 Å². The van der Waals surface area contributed by atoms with Crippen molar-refractivity contribution in [3.63, 3.8) is 0 Å². The van der Waals surface area contributed by atoms with Crippen LogP contribution in [-0.2, 0) is 0 Å². The molecule has 1 fully saturated rings. The summed E-state index contributed by atoms with van der Waals surface area (Å²) >= 11 is 0. The zero-order valence-corrected chi connectivity index (χ0v) is 10.1. The third-order valence-corrected chi connectivity index (χ3v) is 3.04. The first kappa shape index (κ1) is 12.0. The van der Waals surface area contributed by atoms with E-state index in [4.69, 9.17) is 0 Å². The molecule has 0 bridgehead atoms. The molecule has 0 saturated carbocycles. The minimum Gasteiger partial charge on any atom is -0.315 e. The number of hydrogen-bond donors (Lipinski definition) is 2. The van der Waals surface area contributed by atoms with Crippen LogP contribution < -0.4 is 10.6 Å². The maximum atomic E-state index is 3.43. The summed E-state index contributed by atoms with van der Waals surface area (Å²) in [4.78, 5) is 2.54. The maximum Gasteiger partial charge on any atom is 0.0240 e. The molecular weight excluding hydrogens is 174 g/mol. The third kappa shape index (κ3) is 3.56. The molecule has 3 nitrogen and oxygen atoms in total. The van der Waals surface area contributed by atoms with E-state index >= 15 is 0 Å². The Labute approximate surface area is 88.2 Å². The summed E-state index contributed by atoms with van der Waals surface area (Å²) in [6.07, 6.45) is 0. The number of nitrogens with zero attached hydrogens (tertiary/aromatic N) is 1. The van der Waals surface area contributed by atoms with E-state index in [0.29, 0.717) is 11.5 Å². The number of rotatable bonds is 3. The molecule has 0 aliphatic carbocycles. The molecule has 84 valence electrons. The van der Waals surface area contributed by atoms with E-state index in [9.17, 15) is 0 Å². The second-order valence-corrected chi connectivity index (χ2v) is 5.26. The highest BCUT2D eigenvalue weighted by atomic mass is 15.2. The van der Waals surface area contributed by atoms with Crippen molar-refractivity contribution in [1.82, 2.24) is 15.5 Å². The van der Waals surface area contributed by atoms with Gasteiger partial charge in [0, 0.05) is 38.8 Å². The van der Waals surface area contributed by atoms with Crippen LogP contribution in [0.1, 0.15) is 20.8 Å². The zero-order chi connectivity index (χ0) is 10.6. The second-order valence-electron chi connectivity index (χ2n) is 5.26. The molecule has 1 aliphatic heterocycles. The van der Waals surface area contributed by atoms with Crippen molar-refractivity contribution in [3.8, 4) is 0 Å². The highest BCUT2D eigenvalue weighted by molar-refractivity contribution is 4.83. The van der Waals surface area contributed by atoms with Crippen LogP contribution in [0.4, 0.5) is 0 Å². The van der Waals surface area contributed by atoms with Crippen LogP contribution in [0.2, 0.25) is 0 Å². The summed E-state index contributed by atoms with van der Waals surface area (Å²) in [6.45, 7) is 12.7. The Hall–Kier alpha value is -0.120. The summed E-state index contributed by atoms with van der Waals surface area (Å²) in [5, 5.41) is 6.81. The van der Waals surface area contributed by atoms with E-state index in [1.165, 1.54) is 19.6 Å². The fourth-order valence-electron chi connectivity index (χ4n) is 1.95. The number of hydrogen-bond acceptors (Lipinski definition) is 3. The normalized spacial score (nSPS) is 22.3. The van der Waals surface area contributed by atoms with Gasteiger partial charge in [-0.2, -0.15) is 0 Å². The summed E-state index contributed by atoms with van der Waals surface area (Å²) in [7, 11) is 2.07. The minimum absolute atomic E-state index is 0.347. The monoisotopic (exact) mass is 199 g/mol. The average molecular weight is 199 g/mol. The Kier molecular flexibility index (Phi) is 4.35. The van der Waals surface area contributed by atoms with Gasteiger partial charge in [0.15, 0.2) is 0 Å². The Morgan fingerprint density at radius 3 is 2.29 bits per heavy atom. The molecule has 1 heterocycles. The third-order valence-electron chi connectivity index (χ3n) is 3.04. The molecule has 1 unspecified atom stereocenters. The molecule has 0 aromatic rings. The average Bonchev–Trinajstić information content (AvgIpc) is 2.14. The fraction of sp³-hybridized carbons (Fsp3) is 1.00. The van der Waals surface area contributed by atoms with Gasteiger partial charge < -0.3 is 10.6 Å². The van der Waals surface area contributed by atoms with E-state index in [2.05, 4.69) is 43.4 Å². The Morgan fingerprint density at radius 2 is 1.86 bits per heavy atom. The van der Waals surface area contributed by atoms with Crippen molar-refractivity contribution in [3.05, 3.63) is 0 Å². The van der Waals surface area contributed by atoms with Crippen LogP contribution in [0, 0.1) is 5.41 Å². The van der Waals surface area contributed by atoms with E-state index in [-0.39, 0.29) is 0 Å². The summed E-state index contributed by atoms with van der Waals surface area (Å²) in [6, 6.07) is 0.584. The zero-order valence-electron chi connectivity index (χ0n) is 10.1. The van der Waals surface area contributed by atoms with Crippen molar-refractivity contribution in [2.45, 2.75) is 26.8 Å². The lowest BCUT2D eigenvalue weighted by Crippen LogP contribution is -2.52. The summed E-state index contributed by atoms with van der Waals surface area (Å²) < 4.78 is 0. The number of likely N-dealkylation sites (N-methyl/N-ethyl adjacent to an activating group) is 1. The molecule has 1 saturated heterocycles. The molecular formula is C11H25N3. The van der Waals surface area contributed by atoms with Gasteiger partial charge in [-0.05, 0) is 12.5 Å². The van der Waals surface area contributed by atoms with Gasteiger partial charge in [-0.3, -0.25) is 4.90 Å². The lowest BCUT2D eigenvalue weighted by molar-refractivity contribution is 0.165. The van der Waals surface area contributed by atoms with E-state index in [1.807, 2.05) is 0 Å². The predicted molar refractivity (Wildman–Crippen MR) is 61.6 cm³/mol. The topological polar surface area (TPSA) is 27.3 Å². The summed E-state index contributed by atoms with van der Waals surface area (Å²) in [5.41, 5.74) is 0.347. The largest absolute Gasteiger partial charge is 0.315 e. The van der Waals surface area contributed by atoms with Gasteiger partial charge >= 0.3 is 0 Å². The van der Waals surface area contributed by atoms with Gasteiger partial charge in [0.25, 0.3) is 0 Å². The van der Waals surface area contributed by atoms with Crippen LogP contribution in [0.15, 0.2) is 0 Å². The first-order chi connectivity index (χ1) is 6.54. The standard InChI is InChI=1S/C11H25N3/c1-11(2,3)10(12-4)9-14-7-5-13-6-8-14/h10,12-13H,5-9H2,1-4H3. The Morgan fingerprint density at radius 1 is 1.29 bits per heavy atom. The van der Waals surface area contributed by atoms with Gasteiger partial charge in [0.05, 0.1) is 0 Å². The van der Waals surface area contributed by atoms with Crippen LogP contribution >= 0.6 is 0 Å². The van der Waals surface area contributed by atoms with Gasteiger partial charge in [0.1, 0.15) is 0 Å². The second kappa shape index (κ2) is 5.10. The number of piperazine rings is 1. The van der Waals surface area contributed by atoms with Crippen molar-refractivity contribution < 1.29 is 0 Å². The highest BCUT2D eigenvalue weighted by Crippen LogP contribution is 2.19. The van der Waals surface area contributed by atoms with E-state index in [1.54, 1.807) is 0 Å². The Balaban J connectivity index is 2.39. The van der Waals surface area contributed by atoms with Gasteiger partial charge in [-0.25, -0.2) is 0 Å². The van der Waals surface area contributed by atoms with Gasteiger partial charge in [0.2, 0.25) is 0 Å². The quantitative estimate of drug-likeness (QED) is 0.694. The van der Waals surface area contributed by atoms with Crippen LogP contribution in [0.5, 0.6) is 0 Å². The predicted octanol–water partition coefficient (Wildman–Crippen LogP) is 0.526. The van der Waals surface area contributed by atoms with Crippen LogP contribution in [-0.4, -0.2) is 50.7 Å². The SMILES string of the molecule is CNC(CN1CCNCC1)C(C)(C)C. The van der Waals surface area contributed by atoms with Crippen LogP contribution in [0.3, 0.4) is 0 Å². The molecule has 2 N–H and O–H groups in total. The molecule has 0 amide bonds. The van der Waals surface area contributed by atoms with Gasteiger partial charge in [-0.15, -0.1) is 0 Å². The van der Waals surface area contributed by atoms with Crippen molar-refractivity contribution >= 4 is 0 Å². The van der Waals surface area contributed by atoms with Crippen molar-refractivity contribution in [1.29, 1.82) is 0 Å².